The molecule has 1 N–H and O–H groups in total. The zero-order valence-corrected chi connectivity index (χ0v) is 17.9. The second kappa shape index (κ2) is 8.06. The molecule has 0 saturated heterocycles. The van der Waals surface area contributed by atoms with Gasteiger partial charge < -0.3 is 14.8 Å². The predicted molar refractivity (Wildman–Crippen MR) is 119 cm³/mol. The fraction of sp³-hybridized carbons (Fsp3) is 0.250. The number of hydrogen-bond acceptors (Lipinski definition) is 5. The zero-order chi connectivity index (χ0) is 21.3. The first-order chi connectivity index (χ1) is 14.5. The van der Waals surface area contributed by atoms with Gasteiger partial charge in [-0.2, -0.15) is 9.61 Å². The molecular formula is C24H26N4O2. The molecule has 2 heterocycles. The predicted octanol–water partition coefficient (Wildman–Crippen LogP) is 5.20. The van der Waals surface area contributed by atoms with Crippen molar-refractivity contribution in [3.8, 4) is 22.8 Å². The lowest BCUT2D eigenvalue weighted by molar-refractivity contribution is 0.355. The van der Waals surface area contributed by atoms with Crippen LogP contribution in [0.3, 0.4) is 0 Å². The summed E-state index contributed by atoms with van der Waals surface area (Å²) < 4.78 is 12.7. The standard InChI is InChI=1S/C24H26N4O2/c1-15-13-22(26-17(3)18-9-7-6-8-10-18)28-24(25-15)16(2)23(27-28)19-11-12-20(29-4)21(14-19)30-5/h6-14,17,26H,1-5H3. The van der Waals surface area contributed by atoms with E-state index in [1.165, 1.54) is 5.56 Å². The highest BCUT2D eigenvalue weighted by Crippen LogP contribution is 2.34. The maximum atomic E-state index is 5.47. The van der Waals surface area contributed by atoms with Crippen molar-refractivity contribution in [3.05, 3.63) is 71.4 Å². The number of nitrogens with zero attached hydrogens (tertiary/aromatic N) is 3. The number of aromatic nitrogens is 3. The molecule has 0 saturated carbocycles. The van der Waals surface area contributed by atoms with Gasteiger partial charge in [0.15, 0.2) is 17.1 Å². The van der Waals surface area contributed by atoms with E-state index in [0.717, 1.165) is 34.0 Å². The molecule has 0 amide bonds. The molecule has 2 aromatic carbocycles. The van der Waals surface area contributed by atoms with Crippen LogP contribution in [0.25, 0.3) is 16.9 Å². The first-order valence-electron chi connectivity index (χ1n) is 9.92. The summed E-state index contributed by atoms with van der Waals surface area (Å²) in [6, 6.07) is 18.3. The van der Waals surface area contributed by atoms with Crippen molar-refractivity contribution in [1.82, 2.24) is 14.6 Å². The highest BCUT2D eigenvalue weighted by molar-refractivity contribution is 5.73. The number of methoxy groups -OCH3 is 2. The molecule has 4 rings (SSSR count). The first-order valence-corrected chi connectivity index (χ1v) is 9.92. The summed E-state index contributed by atoms with van der Waals surface area (Å²) in [5.74, 6) is 2.27. The van der Waals surface area contributed by atoms with Gasteiger partial charge >= 0.3 is 0 Å². The average Bonchev–Trinajstić information content (AvgIpc) is 3.10. The molecule has 2 aromatic heterocycles. The van der Waals surface area contributed by atoms with Crippen molar-refractivity contribution in [2.75, 3.05) is 19.5 Å². The Hall–Kier alpha value is -3.54. The summed E-state index contributed by atoms with van der Waals surface area (Å²) in [6.07, 6.45) is 0. The Balaban J connectivity index is 1.79. The van der Waals surface area contributed by atoms with Crippen LogP contribution in [0, 0.1) is 13.8 Å². The number of aryl methyl sites for hydroxylation is 2. The molecule has 0 aliphatic rings. The Kier molecular flexibility index (Phi) is 5.31. The summed E-state index contributed by atoms with van der Waals surface area (Å²) in [5, 5.41) is 8.49. The SMILES string of the molecule is COc1ccc(-c2nn3c(NC(C)c4ccccc4)cc(C)nc3c2C)cc1OC. The van der Waals surface area contributed by atoms with Gasteiger partial charge in [-0.15, -0.1) is 0 Å². The Morgan fingerprint density at radius 3 is 2.37 bits per heavy atom. The van der Waals surface area contributed by atoms with E-state index in [-0.39, 0.29) is 6.04 Å². The van der Waals surface area contributed by atoms with Gasteiger partial charge in [0.25, 0.3) is 0 Å². The lowest BCUT2D eigenvalue weighted by Crippen LogP contribution is -2.11. The van der Waals surface area contributed by atoms with Gasteiger partial charge in [-0.3, -0.25) is 0 Å². The maximum absolute atomic E-state index is 5.47. The summed E-state index contributed by atoms with van der Waals surface area (Å²) in [5.41, 5.74) is 5.82. The highest BCUT2D eigenvalue weighted by Gasteiger charge is 2.18. The molecule has 0 aliphatic carbocycles. The molecule has 0 bridgehead atoms. The van der Waals surface area contributed by atoms with Crippen molar-refractivity contribution < 1.29 is 9.47 Å². The molecule has 30 heavy (non-hydrogen) atoms. The van der Waals surface area contributed by atoms with Gasteiger partial charge in [0.2, 0.25) is 0 Å². The third-order valence-electron chi connectivity index (χ3n) is 5.27. The quantitative estimate of drug-likeness (QED) is 0.480. The molecule has 0 aliphatic heterocycles. The third-order valence-corrected chi connectivity index (χ3v) is 5.27. The van der Waals surface area contributed by atoms with Gasteiger partial charge in [0.05, 0.1) is 19.9 Å². The Labute approximate surface area is 176 Å². The molecule has 6 heteroatoms. The van der Waals surface area contributed by atoms with Gasteiger partial charge in [0, 0.05) is 28.9 Å². The summed E-state index contributed by atoms with van der Waals surface area (Å²) in [7, 11) is 3.27. The summed E-state index contributed by atoms with van der Waals surface area (Å²) in [6.45, 7) is 6.19. The van der Waals surface area contributed by atoms with Gasteiger partial charge in [-0.1, -0.05) is 30.3 Å². The second-order valence-electron chi connectivity index (χ2n) is 7.34. The zero-order valence-electron chi connectivity index (χ0n) is 17.9. The van der Waals surface area contributed by atoms with Crippen LogP contribution in [0.15, 0.2) is 54.6 Å². The number of benzene rings is 2. The fourth-order valence-electron chi connectivity index (χ4n) is 3.65. The van der Waals surface area contributed by atoms with E-state index in [1.807, 2.05) is 60.8 Å². The fourth-order valence-corrected chi connectivity index (χ4v) is 3.65. The van der Waals surface area contributed by atoms with Gasteiger partial charge in [0.1, 0.15) is 5.82 Å². The van der Waals surface area contributed by atoms with Crippen molar-refractivity contribution in [2.24, 2.45) is 0 Å². The molecule has 1 atom stereocenters. The van der Waals surface area contributed by atoms with Crippen LogP contribution in [0.1, 0.15) is 29.8 Å². The Bertz CT molecular complexity index is 1190. The molecule has 1 unspecified atom stereocenters. The van der Waals surface area contributed by atoms with Crippen LogP contribution in [0.2, 0.25) is 0 Å². The molecule has 0 fully saturated rings. The van der Waals surface area contributed by atoms with E-state index in [4.69, 9.17) is 19.6 Å². The number of ether oxygens (including phenoxy) is 2. The first kappa shape index (κ1) is 19.8. The van der Waals surface area contributed by atoms with Crippen LogP contribution in [0.4, 0.5) is 5.82 Å². The topological polar surface area (TPSA) is 60.7 Å². The lowest BCUT2D eigenvalue weighted by Gasteiger charge is -2.16. The molecule has 0 spiro atoms. The van der Waals surface area contributed by atoms with E-state index < -0.39 is 0 Å². The van der Waals surface area contributed by atoms with Gasteiger partial charge in [-0.25, -0.2) is 4.98 Å². The normalized spacial score (nSPS) is 12.0. The number of rotatable bonds is 6. The number of anilines is 1. The van der Waals surface area contributed by atoms with Crippen LogP contribution in [0.5, 0.6) is 11.5 Å². The molecule has 0 radical (unpaired) electrons. The van der Waals surface area contributed by atoms with Crippen molar-refractivity contribution >= 4 is 11.5 Å². The highest BCUT2D eigenvalue weighted by atomic mass is 16.5. The lowest BCUT2D eigenvalue weighted by atomic mass is 10.1. The van der Waals surface area contributed by atoms with E-state index >= 15 is 0 Å². The molecule has 6 nitrogen and oxygen atoms in total. The van der Waals surface area contributed by atoms with E-state index in [0.29, 0.717) is 11.5 Å². The number of fused-ring (bicyclic) bond motifs is 1. The number of nitrogens with one attached hydrogen (secondary N) is 1. The molecule has 154 valence electrons. The van der Waals surface area contributed by atoms with Crippen molar-refractivity contribution in [2.45, 2.75) is 26.8 Å². The van der Waals surface area contributed by atoms with Crippen LogP contribution in [-0.2, 0) is 0 Å². The molecule has 4 aromatic rings. The molecular weight excluding hydrogens is 376 g/mol. The summed E-state index contributed by atoms with van der Waals surface area (Å²) in [4.78, 5) is 4.74. The Morgan fingerprint density at radius 2 is 1.67 bits per heavy atom. The van der Waals surface area contributed by atoms with Crippen LogP contribution >= 0.6 is 0 Å². The largest absolute Gasteiger partial charge is 0.493 e. The minimum Gasteiger partial charge on any atom is -0.493 e. The van der Waals surface area contributed by atoms with Crippen molar-refractivity contribution in [3.63, 3.8) is 0 Å². The third kappa shape index (κ3) is 3.56. The van der Waals surface area contributed by atoms with Crippen molar-refractivity contribution in [1.29, 1.82) is 0 Å². The second-order valence-corrected chi connectivity index (χ2v) is 7.34. The van der Waals surface area contributed by atoms with Gasteiger partial charge in [-0.05, 0) is 44.5 Å². The van der Waals surface area contributed by atoms with Crippen LogP contribution in [-0.4, -0.2) is 28.8 Å². The van der Waals surface area contributed by atoms with E-state index in [9.17, 15) is 0 Å². The minimum atomic E-state index is 0.130. The minimum absolute atomic E-state index is 0.130. The Morgan fingerprint density at radius 1 is 0.933 bits per heavy atom. The maximum Gasteiger partial charge on any atom is 0.161 e. The number of hydrogen-bond donors (Lipinski definition) is 1. The van der Waals surface area contributed by atoms with Crippen LogP contribution < -0.4 is 14.8 Å². The average molecular weight is 402 g/mol. The van der Waals surface area contributed by atoms with E-state index in [2.05, 4.69) is 24.4 Å². The monoisotopic (exact) mass is 402 g/mol. The smallest absolute Gasteiger partial charge is 0.161 e. The van der Waals surface area contributed by atoms with E-state index in [1.54, 1.807) is 14.2 Å². The summed E-state index contributed by atoms with van der Waals surface area (Å²) >= 11 is 0.